The minimum Gasteiger partial charge on any atom is -0.207 e. The summed E-state index contributed by atoms with van der Waals surface area (Å²) < 4.78 is 74.4. The van der Waals surface area contributed by atoms with Crippen LogP contribution in [-0.2, 0) is 10.0 Å². The van der Waals surface area contributed by atoms with Crippen LogP contribution in [0.5, 0.6) is 0 Å². The fraction of sp³-hybridized carbons (Fsp3) is 0.455. The van der Waals surface area contributed by atoms with Crippen LogP contribution in [0.2, 0.25) is 0 Å². The number of halogens is 4. The van der Waals surface area contributed by atoms with E-state index in [0.717, 1.165) is 18.2 Å². The van der Waals surface area contributed by atoms with Gasteiger partial charge in [0.05, 0.1) is 4.90 Å². The standard InChI is InChI=1S/C11H13F4NO2S/c1-2-6-16(8-11(13,14)15)19(17,18)10-5-3-4-9(12)7-10/h3-5,7H,2,6,8H2,1H3. The quantitative estimate of drug-likeness (QED) is 0.784. The molecule has 0 amide bonds. The van der Waals surface area contributed by atoms with Gasteiger partial charge in [0.15, 0.2) is 0 Å². The average molecular weight is 299 g/mol. The largest absolute Gasteiger partial charge is 0.402 e. The van der Waals surface area contributed by atoms with Gasteiger partial charge in [-0.05, 0) is 24.6 Å². The summed E-state index contributed by atoms with van der Waals surface area (Å²) in [4.78, 5) is -0.481. The van der Waals surface area contributed by atoms with Gasteiger partial charge in [0, 0.05) is 6.54 Å². The molecule has 0 aliphatic heterocycles. The topological polar surface area (TPSA) is 37.4 Å². The van der Waals surface area contributed by atoms with Gasteiger partial charge in [-0.15, -0.1) is 0 Å². The zero-order valence-corrected chi connectivity index (χ0v) is 10.9. The number of hydrogen-bond donors (Lipinski definition) is 0. The van der Waals surface area contributed by atoms with Crippen molar-refractivity contribution in [2.24, 2.45) is 0 Å². The van der Waals surface area contributed by atoms with Crippen molar-refractivity contribution in [1.29, 1.82) is 0 Å². The number of hydrogen-bond acceptors (Lipinski definition) is 2. The second-order valence-electron chi connectivity index (χ2n) is 3.91. The molecule has 0 saturated heterocycles. The van der Waals surface area contributed by atoms with Crippen LogP contribution in [-0.4, -0.2) is 32.0 Å². The van der Waals surface area contributed by atoms with E-state index in [2.05, 4.69) is 0 Å². The lowest BCUT2D eigenvalue weighted by molar-refractivity contribution is -0.136. The van der Waals surface area contributed by atoms with Gasteiger partial charge >= 0.3 is 6.18 Å². The molecule has 0 aromatic heterocycles. The molecular weight excluding hydrogens is 286 g/mol. The monoisotopic (exact) mass is 299 g/mol. The molecule has 1 rings (SSSR count). The molecule has 0 saturated carbocycles. The lowest BCUT2D eigenvalue weighted by Crippen LogP contribution is -2.39. The summed E-state index contributed by atoms with van der Waals surface area (Å²) in [6.07, 6.45) is -4.42. The Labute approximate surface area is 108 Å². The average Bonchev–Trinajstić information content (AvgIpc) is 2.26. The summed E-state index contributed by atoms with van der Waals surface area (Å²) in [7, 11) is -4.35. The van der Waals surface area contributed by atoms with Crippen LogP contribution in [0.25, 0.3) is 0 Å². The van der Waals surface area contributed by atoms with Gasteiger partial charge in [0.2, 0.25) is 10.0 Å². The molecule has 19 heavy (non-hydrogen) atoms. The van der Waals surface area contributed by atoms with E-state index in [0.29, 0.717) is 10.4 Å². The molecular formula is C11H13F4NO2S. The van der Waals surface area contributed by atoms with Crippen molar-refractivity contribution in [3.8, 4) is 0 Å². The second-order valence-corrected chi connectivity index (χ2v) is 5.85. The lowest BCUT2D eigenvalue weighted by Gasteiger charge is -2.22. The minimum absolute atomic E-state index is 0.227. The molecule has 1 aromatic carbocycles. The first-order chi connectivity index (χ1) is 8.66. The van der Waals surface area contributed by atoms with Gasteiger partial charge in [0.1, 0.15) is 12.4 Å². The highest BCUT2D eigenvalue weighted by atomic mass is 32.2. The van der Waals surface area contributed by atoms with E-state index in [4.69, 9.17) is 0 Å². The molecule has 0 radical (unpaired) electrons. The highest BCUT2D eigenvalue weighted by molar-refractivity contribution is 7.89. The Morgan fingerprint density at radius 1 is 1.26 bits per heavy atom. The van der Waals surface area contributed by atoms with Crippen LogP contribution >= 0.6 is 0 Å². The molecule has 0 unspecified atom stereocenters. The molecule has 8 heteroatoms. The van der Waals surface area contributed by atoms with Crippen molar-refractivity contribution in [1.82, 2.24) is 4.31 Å². The van der Waals surface area contributed by atoms with Crippen molar-refractivity contribution in [2.45, 2.75) is 24.4 Å². The van der Waals surface area contributed by atoms with Crippen molar-refractivity contribution < 1.29 is 26.0 Å². The highest BCUT2D eigenvalue weighted by Crippen LogP contribution is 2.23. The molecule has 0 bridgehead atoms. The first-order valence-electron chi connectivity index (χ1n) is 5.49. The van der Waals surface area contributed by atoms with Gasteiger partial charge in [-0.2, -0.15) is 17.5 Å². The SMILES string of the molecule is CCCN(CC(F)(F)F)S(=O)(=O)c1cccc(F)c1. The molecule has 0 atom stereocenters. The van der Waals surface area contributed by atoms with Gasteiger partial charge in [-0.3, -0.25) is 0 Å². The summed E-state index contributed by atoms with van der Waals surface area (Å²) in [5.74, 6) is -0.815. The fourth-order valence-corrected chi connectivity index (χ4v) is 3.06. The van der Waals surface area contributed by atoms with Gasteiger partial charge in [-0.1, -0.05) is 13.0 Å². The van der Waals surface area contributed by atoms with Crippen LogP contribution in [0.15, 0.2) is 29.2 Å². The zero-order chi connectivity index (χ0) is 14.7. The van der Waals surface area contributed by atoms with Crippen molar-refractivity contribution in [3.05, 3.63) is 30.1 Å². The van der Waals surface area contributed by atoms with Gasteiger partial charge < -0.3 is 0 Å². The van der Waals surface area contributed by atoms with Crippen molar-refractivity contribution >= 4 is 10.0 Å². The molecule has 0 fully saturated rings. The lowest BCUT2D eigenvalue weighted by atomic mass is 10.4. The van der Waals surface area contributed by atoms with E-state index in [-0.39, 0.29) is 13.0 Å². The highest BCUT2D eigenvalue weighted by Gasteiger charge is 2.36. The predicted molar refractivity (Wildman–Crippen MR) is 61.5 cm³/mol. The van der Waals surface area contributed by atoms with Crippen molar-refractivity contribution in [2.75, 3.05) is 13.1 Å². The smallest absolute Gasteiger partial charge is 0.207 e. The van der Waals surface area contributed by atoms with Gasteiger partial charge in [-0.25, -0.2) is 12.8 Å². The van der Waals surface area contributed by atoms with E-state index in [1.807, 2.05) is 0 Å². The predicted octanol–water partition coefficient (Wildman–Crippen LogP) is 2.79. The molecule has 0 aliphatic rings. The van der Waals surface area contributed by atoms with E-state index in [9.17, 15) is 26.0 Å². The van der Waals surface area contributed by atoms with Crippen LogP contribution in [0.3, 0.4) is 0 Å². The van der Waals surface area contributed by atoms with E-state index in [1.54, 1.807) is 6.92 Å². The third-order valence-corrected chi connectivity index (χ3v) is 4.10. The summed E-state index contributed by atoms with van der Waals surface area (Å²) in [5, 5.41) is 0. The Morgan fingerprint density at radius 2 is 1.89 bits per heavy atom. The van der Waals surface area contributed by atoms with E-state index >= 15 is 0 Å². The minimum atomic E-state index is -4.64. The van der Waals surface area contributed by atoms with E-state index in [1.165, 1.54) is 0 Å². The third-order valence-electron chi connectivity index (χ3n) is 2.26. The number of rotatable bonds is 5. The number of nitrogens with zero attached hydrogens (tertiary/aromatic N) is 1. The van der Waals surface area contributed by atoms with Crippen LogP contribution in [0.1, 0.15) is 13.3 Å². The Balaban J connectivity index is 3.13. The Kier molecular flexibility index (Phi) is 4.92. The number of sulfonamides is 1. The first kappa shape index (κ1) is 15.9. The summed E-state index contributed by atoms with van der Waals surface area (Å²) in [5.41, 5.74) is 0. The fourth-order valence-electron chi connectivity index (χ4n) is 1.51. The molecule has 0 heterocycles. The third kappa shape index (κ3) is 4.46. The molecule has 0 aliphatic carbocycles. The molecule has 3 nitrogen and oxygen atoms in total. The zero-order valence-electron chi connectivity index (χ0n) is 10.1. The van der Waals surface area contributed by atoms with Gasteiger partial charge in [0.25, 0.3) is 0 Å². The Morgan fingerprint density at radius 3 is 2.37 bits per heavy atom. The maximum Gasteiger partial charge on any atom is 0.402 e. The Bertz CT molecular complexity index is 528. The summed E-state index contributed by atoms with van der Waals surface area (Å²) in [6, 6.07) is 3.93. The molecule has 0 spiro atoms. The molecule has 0 N–H and O–H groups in total. The second kappa shape index (κ2) is 5.87. The summed E-state index contributed by atoms with van der Waals surface area (Å²) in [6.45, 7) is -0.303. The maximum atomic E-state index is 13.0. The number of benzene rings is 1. The van der Waals surface area contributed by atoms with Crippen molar-refractivity contribution in [3.63, 3.8) is 0 Å². The van der Waals surface area contributed by atoms with Crippen LogP contribution < -0.4 is 0 Å². The van der Waals surface area contributed by atoms with Crippen LogP contribution in [0.4, 0.5) is 17.6 Å². The molecule has 1 aromatic rings. The summed E-state index contributed by atoms with van der Waals surface area (Å²) >= 11 is 0. The van der Waals surface area contributed by atoms with E-state index < -0.39 is 33.5 Å². The number of alkyl halides is 3. The normalized spacial score (nSPS) is 12.9. The Hall–Kier alpha value is -1.15. The first-order valence-corrected chi connectivity index (χ1v) is 6.93. The van der Waals surface area contributed by atoms with Crippen LogP contribution in [0, 0.1) is 5.82 Å². The maximum absolute atomic E-state index is 13.0. The molecule has 108 valence electrons.